The molecule has 0 bridgehead atoms. The van der Waals surface area contributed by atoms with Crippen molar-refractivity contribution < 1.29 is 28.5 Å². The maximum atomic E-state index is 12.4. The van der Waals surface area contributed by atoms with Crippen LogP contribution in [0.4, 0.5) is 0 Å². The summed E-state index contributed by atoms with van der Waals surface area (Å²) in [6.45, 7) is 0.321. The van der Waals surface area contributed by atoms with Crippen molar-refractivity contribution >= 4 is 23.2 Å². The van der Waals surface area contributed by atoms with Crippen molar-refractivity contribution in [2.75, 3.05) is 20.8 Å². The molecule has 3 aromatic rings. The van der Waals surface area contributed by atoms with Gasteiger partial charge in [-0.05, 0) is 35.9 Å². The van der Waals surface area contributed by atoms with Crippen LogP contribution in [0.1, 0.15) is 20.8 Å². The van der Waals surface area contributed by atoms with E-state index in [1.165, 1.54) is 11.3 Å². The molecule has 2 heterocycles. The van der Waals surface area contributed by atoms with Crippen LogP contribution in [0.25, 0.3) is 10.4 Å². The zero-order valence-electron chi connectivity index (χ0n) is 17.1. The number of amides is 1. The van der Waals surface area contributed by atoms with Crippen LogP contribution in [0, 0.1) is 0 Å². The molecule has 0 fully saturated rings. The Hall–Kier alpha value is -3.52. The number of nitrogens with one attached hydrogen (secondary N) is 1. The Labute approximate surface area is 183 Å². The van der Waals surface area contributed by atoms with Crippen molar-refractivity contribution in [1.29, 1.82) is 0 Å². The zero-order chi connectivity index (χ0) is 21.8. The average molecular weight is 439 g/mol. The summed E-state index contributed by atoms with van der Waals surface area (Å²) in [4.78, 5) is 26.0. The van der Waals surface area contributed by atoms with Crippen molar-refractivity contribution in [3.63, 3.8) is 0 Å². The van der Waals surface area contributed by atoms with E-state index in [1.807, 2.05) is 30.3 Å². The summed E-state index contributed by atoms with van der Waals surface area (Å²) in [5.74, 6) is 1.06. The monoisotopic (exact) mass is 439 g/mol. The Kier molecular flexibility index (Phi) is 6.08. The molecule has 8 heteroatoms. The zero-order valence-corrected chi connectivity index (χ0v) is 17.9. The number of benzene rings is 2. The number of methoxy groups -OCH3 is 2. The second-order valence-corrected chi connectivity index (χ2v) is 7.84. The number of hydrogen-bond acceptors (Lipinski definition) is 7. The number of carbonyl (C=O) groups is 2. The second-order valence-electron chi connectivity index (χ2n) is 6.79. The van der Waals surface area contributed by atoms with E-state index in [9.17, 15) is 9.59 Å². The van der Waals surface area contributed by atoms with Crippen LogP contribution < -0.4 is 19.5 Å². The lowest BCUT2D eigenvalue weighted by Crippen LogP contribution is -2.28. The van der Waals surface area contributed by atoms with Gasteiger partial charge in [-0.25, -0.2) is 4.79 Å². The number of para-hydroxylation sites is 1. The summed E-state index contributed by atoms with van der Waals surface area (Å²) in [7, 11) is 3.11. The molecule has 0 spiro atoms. The molecule has 2 aromatic carbocycles. The summed E-state index contributed by atoms with van der Waals surface area (Å²) in [6, 6.07) is 14.8. The standard InChI is InChI=1S/C23H21NO6S/c1-27-18-8-7-14(9-19(18)28-2)11-24-21(25)13-30-23(26)20-10-15-12-29-17-6-4-3-5-16(17)22(15)31-20/h3-10H,11-13H2,1-2H3,(H,24,25). The van der Waals surface area contributed by atoms with Gasteiger partial charge in [0.05, 0.1) is 14.2 Å². The summed E-state index contributed by atoms with van der Waals surface area (Å²) < 4.78 is 21.4. The summed E-state index contributed by atoms with van der Waals surface area (Å²) >= 11 is 1.34. The molecule has 7 nitrogen and oxygen atoms in total. The summed E-state index contributed by atoms with van der Waals surface area (Å²) in [5, 5.41) is 2.73. The summed E-state index contributed by atoms with van der Waals surface area (Å²) in [5.41, 5.74) is 2.73. The van der Waals surface area contributed by atoms with Crippen LogP contribution >= 0.6 is 11.3 Å². The average Bonchev–Trinajstić information content (AvgIpc) is 3.26. The minimum Gasteiger partial charge on any atom is -0.493 e. The smallest absolute Gasteiger partial charge is 0.348 e. The van der Waals surface area contributed by atoms with Gasteiger partial charge in [-0.2, -0.15) is 0 Å². The molecule has 4 rings (SSSR count). The third-order valence-corrected chi connectivity index (χ3v) is 5.99. The molecule has 0 saturated heterocycles. The van der Waals surface area contributed by atoms with Gasteiger partial charge >= 0.3 is 5.97 Å². The maximum Gasteiger partial charge on any atom is 0.348 e. The highest BCUT2D eigenvalue weighted by atomic mass is 32.1. The Balaban J connectivity index is 1.33. The number of ether oxygens (including phenoxy) is 4. The van der Waals surface area contributed by atoms with E-state index in [4.69, 9.17) is 18.9 Å². The fraction of sp³-hybridized carbons (Fsp3) is 0.217. The van der Waals surface area contributed by atoms with Crippen molar-refractivity contribution in [1.82, 2.24) is 5.32 Å². The number of fused-ring (bicyclic) bond motifs is 3. The van der Waals surface area contributed by atoms with Crippen LogP contribution in [0.3, 0.4) is 0 Å². The van der Waals surface area contributed by atoms with Crippen molar-refractivity contribution in [2.45, 2.75) is 13.2 Å². The van der Waals surface area contributed by atoms with E-state index in [2.05, 4.69) is 5.32 Å². The van der Waals surface area contributed by atoms with Gasteiger partial charge < -0.3 is 24.3 Å². The predicted molar refractivity (Wildman–Crippen MR) is 116 cm³/mol. The third-order valence-electron chi connectivity index (χ3n) is 4.80. The topological polar surface area (TPSA) is 83.1 Å². The SMILES string of the molecule is COc1ccc(CNC(=O)COC(=O)c2cc3c(s2)-c2ccccc2OC3)cc1OC. The van der Waals surface area contributed by atoms with Gasteiger partial charge in [0.15, 0.2) is 18.1 Å². The van der Waals surface area contributed by atoms with Gasteiger partial charge in [-0.3, -0.25) is 4.79 Å². The molecule has 0 unspecified atom stereocenters. The first kappa shape index (κ1) is 20.7. The molecule has 0 saturated carbocycles. The number of rotatable bonds is 7. The molecule has 1 aromatic heterocycles. The molecule has 1 aliphatic heterocycles. The second kappa shape index (κ2) is 9.09. The molecular formula is C23H21NO6S. The molecule has 0 radical (unpaired) electrons. The van der Waals surface area contributed by atoms with Crippen LogP contribution in [0.15, 0.2) is 48.5 Å². The quantitative estimate of drug-likeness (QED) is 0.564. The van der Waals surface area contributed by atoms with Crippen molar-refractivity contribution in [3.8, 4) is 27.7 Å². The Morgan fingerprint density at radius 1 is 1.06 bits per heavy atom. The van der Waals surface area contributed by atoms with Gasteiger partial charge in [-0.1, -0.05) is 18.2 Å². The molecule has 0 aliphatic carbocycles. The van der Waals surface area contributed by atoms with Crippen molar-refractivity contribution in [3.05, 3.63) is 64.5 Å². The van der Waals surface area contributed by atoms with Crippen LogP contribution in [0.2, 0.25) is 0 Å². The minimum absolute atomic E-state index is 0.276. The number of carbonyl (C=O) groups excluding carboxylic acids is 2. The van der Waals surface area contributed by atoms with Crippen LogP contribution in [-0.4, -0.2) is 32.7 Å². The first-order chi connectivity index (χ1) is 15.1. The Morgan fingerprint density at radius 2 is 1.87 bits per heavy atom. The molecule has 31 heavy (non-hydrogen) atoms. The summed E-state index contributed by atoms with van der Waals surface area (Å²) in [6.07, 6.45) is 0. The van der Waals surface area contributed by atoms with Crippen LogP contribution in [-0.2, 0) is 22.7 Å². The van der Waals surface area contributed by atoms with Gasteiger partial charge in [0, 0.05) is 22.5 Å². The molecule has 1 N–H and O–H groups in total. The highest BCUT2D eigenvalue weighted by molar-refractivity contribution is 7.17. The highest BCUT2D eigenvalue weighted by Crippen LogP contribution is 2.42. The molecule has 1 amide bonds. The normalized spacial score (nSPS) is 11.5. The fourth-order valence-electron chi connectivity index (χ4n) is 3.24. The molecular weight excluding hydrogens is 418 g/mol. The first-order valence-corrected chi connectivity index (χ1v) is 10.4. The van der Waals surface area contributed by atoms with Gasteiger partial charge in [-0.15, -0.1) is 11.3 Å². The largest absolute Gasteiger partial charge is 0.493 e. The maximum absolute atomic E-state index is 12.4. The highest BCUT2D eigenvalue weighted by Gasteiger charge is 2.23. The van der Waals surface area contributed by atoms with Gasteiger partial charge in [0.25, 0.3) is 5.91 Å². The molecule has 1 aliphatic rings. The van der Waals surface area contributed by atoms with Gasteiger partial charge in [0.1, 0.15) is 17.2 Å². The van der Waals surface area contributed by atoms with E-state index in [0.29, 0.717) is 23.0 Å². The Morgan fingerprint density at radius 3 is 2.68 bits per heavy atom. The first-order valence-electron chi connectivity index (χ1n) is 9.58. The lowest BCUT2D eigenvalue weighted by molar-refractivity contribution is -0.124. The van der Waals surface area contributed by atoms with Crippen LogP contribution in [0.5, 0.6) is 17.2 Å². The predicted octanol–water partition coefficient (Wildman–Crippen LogP) is 3.80. The lowest BCUT2D eigenvalue weighted by Gasteiger charge is -2.16. The minimum atomic E-state index is -0.529. The molecule has 160 valence electrons. The number of thiophene rings is 1. The Bertz CT molecular complexity index is 1120. The van der Waals surface area contributed by atoms with E-state index in [-0.39, 0.29) is 13.2 Å². The van der Waals surface area contributed by atoms with E-state index in [1.54, 1.807) is 32.4 Å². The third kappa shape index (κ3) is 4.49. The van der Waals surface area contributed by atoms with E-state index in [0.717, 1.165) is 27.3 Å². The lowest BCUT2D eigenvalue weighted by atomic mass is 10.1. The van der Waals surface area contributed by atoms with Crippen molar-refractivity contribution in [2.24, 2.45) is 0 Å². The molecule has 0 atom stereocenters. The fourth-order valence-corrected chi connectivity index (χ4v) is 4.34. The number of esters is 1. The van der Waals surface area contributed by atoms with E-state index >= 15 is 0 Å². The van der Waals surface area contributed by atoms with Gasteiger partial charge in [0.2, 0.25) is 0 Å². The van der Waals surface area contributed by atoms with E-state index < -0.39 is 11.9 Å². The number of hydrogen-bond donors (Lipinski definition) is 1.